The van der Waals surface area contributed by atoms with E-state index in [0.29, 0.717) is 5.25 Å². The topological polar surface area (TPSA) is 35.5 Å². The second kappa shape index (κ2) is 4.21. The first-order valence-electron chi connectivity index (χ1n) is 5.15. The van der Waals surface area contributed by atoms with Crippen LogP contribution in [0.4, 0.5) is 0 Å². The lowest BCUT2D eigenvalue weighted by Gasteiger charge is -2.34. The summed E-state index contributed by atoms with van der Waals surface area (Å²) >= 11 is 1.47. The Bertz CT molecular complexity index is 213. The van der Waals surface area contributed by atoms with Crippen molar-refractivity contribution in [2.45, 2.75) is 43.6 Å². The zero-order valence-corrected chi connectivity index (χ0v) is 9.27. The van der Waals surface area contributed by atoms with Crippen LogP contribution < -0.4 is 0 Å². The van der Waals surface area contributed by atoms with E-state index in [4.69, 9.17) is 9.47 Å². The molecule has 80 valence electrons. The van der Waals surface area contributed by atoms with Gasteiger partial charge in [0.05, 0.1) is 13.2 Å². The van der Waals surface area contributed by atoms with Crippen LogP contribution in [0.2, 0.25) is 0 Å². The Labute approximate surface area is 88.5 Å². The van der Waals surface area contributed by atoms with Gasteiger partial charge in [0.15, 0.2) is 10.9 Å². The van der Waals surface area contributed by atoms with E-state index < -0.39 is 0 Å². The quantitative estimate of drug-likeness (QED) is 0.671. The Hall–Kier alpha value is -0.0600. The van der Waals surface area contributed by atoms with Gasteiger partial charge >= 0.3 is 0 Å². The molecule has 0 amide bonds. The van der Waals surface area contributed by atoms with Gasteiger partial charge in [-0.05, 0) is 12.8 Å². The summed E-state index contributed by atoms with van der Waals surface area (Å²) in [6.07, 6.45) is 3.95. The molecule has 1 heterocycles. The smallest absolute Gasteiger partial charge is 0.186 e. The van der Waals surface area contributed by atoms with Gasteiger partial charge in [-0.25, -0.2) is 0 Å². The van der Waals surface area contributed by atoms with E-state index in [1.165, 1.54) is 11.8 Å². The predicted molar refractivity (Wildman–Crippen MR) is 55.2 cm³/mol. The predicted octanol–water partition coefficient (Wildman–Crippen LogP) is 1.95. The minimum Gasteiger partial charge on any atom is -0.348 e. The van der Waals surface area contributed by atoms with Crippen molar-refractivity contribution in [1.29, 1.82) is 0 Å². The van der Waals surface area contributed by atoms with Crippen LogP contribution in [0.5, 0.6) is 0 Å². The molecule has 1 aliphatic carbocycles. The fourth-order valence-corrected chi connectivity index (χ4v) is 3.11. The fraction of sp³-hybridized carbons (Fsp3) is 0.900. The minimum absolute atomic E-state index is 0.221. The Morgan fingerprint density at radius 1 is 1.29 bits per heavy atom. The molecule has 0 aromatic carbocycles. The van der Waals surface area contributed by atoms with Gasteiger partial charge < -0.3 is 9.47 Å². The van der Waals surface area contributed by atoms with Crippen LogP contribution in [-0.2, 0) is 14.3 Å². The third-order valence-electron chi connectivity index (χ3n) is 2.84. The van der Waals surface area contributed by atoms with Gasteiger partial charge in [-0.3, -0.25) is 4.79 Å². The molecule has 14 heavy (non-hydrogen) atoms. The number of hydrogen-bond acceptors (Lipinski definition) is 4. The summed E-state index contributed by atoms with van der Waals surface area (Å²) in [5, 5.41) is 0.699. The Morgan fingerprint density at radius 3 is 2.36 bits per heavy atom. The van der Waals surface area contributed by atoms with Gasteiger partial charge in [0.2, 0.25) is 0 Å². The number of thioether (sulfide) groups is 1. The molecule has 0 N–H and O–H groups in total. The van der Waals surface area contributed by atoms with Crippen LogP contribution in [0.3, 0.4) is 0 Å². The molecule has 2 aliphatic rings. The van der Waals surface area contributed by atoms with E-state index in [-0.39, 0.29) is 10.9 Å². The average Bonchev–Trinajstić information content (AvgIpc) is 2.58. The molecule has 0 aromatic heterocycles. The van der Waals surface area contributed by atoms with Crippen molar-refractivity contribution in [1.82, 2.24) is 0 Å². The van der Waals surface area contributed by atoms with E-state index in [9.17, 15) is 4.79 Å². The summed E-state index contributed by atoms with van der Waals surface area (Å²) in [5.74, 6) is -0.284. The number of ether oxygens (including phenoxy) is 2. The highest BCUT2D eigenvalue weighted by atomic mass is 32.2. The van der Waals surface area contributed by atoms with Crippen molar-refractivity contribution in [3.8, 4) is 0 Å². The molecule has 1 saturated carbocycles. The lowest BCUT2D eigenvalue weighted by atomic mass is 9.94. The normalized spacial score (nSPS) is 26.9. The van der Waals surface area contributed by atoms with E-state index in [1.807, 2.05) is 0 Å². The number of hydrogen-bond donors (Lipinski definition) is 0. The highest BCUT2D eigenvalue weighted by molar-refractivity contribution is 8.14. The number of carbonyl (C=O) groups excluding carboxylic acids is 1. The van der Waals surface area contributed by atoms with Gasteiger partial charge in [-0.15, -0.1) is 0 Å². The van der Waals surface area contributed by atoms with Gasteiger partial charge in [0.1, 0.15) is 0 Å². The monoisotopic (exact) mass is 216 g/mol. The molecule has 2 fully saturated rings. The van der Waals surface area contributed by atoms with Gasteiger partial charge in [-0.2, -0.15) is 0 Å². The summed E-state index contributed by atoms with van der Waals surface area (Å²) in [6, 6.07) is 0. The molecular weight excluding hydrogens is 200 g/mol. The largest absolute Gasteiger partial charge is 0.348 e. The summed E-state index contributed by atoms with van der Waals surface area (Å²) in [4.78, 5) is 10.9. The highest BCUT2D eigenvalue weighted by Crippen LogP contribution is 2.39. The third kappa shape index (κ3) is 2.30. The molecule has 0 aromatic rings. The minimum atomic E-state index is -0.284. The molecule has 0 unspecified atom stereocenters. The van der Waals surface area contributed by atoms with E-state index in [0.717, 1.165) is 38.9 Å². The van der Waals surface area contributed by atoms with Crippen molar-refractivity contribution in [3.63, 3.8) is 0 Å². The first-order chi connectivity index (χ1) is 6.70. The van der Waals surface area contributed by atoms with Crippen molar-refractivity contribution in [2.75, 3.05) is 13.2 Å². The van der Waals surface area contributed by atoms with Gasteiger partial charge in [0, 0.05) is 25.0 Å². The van der Waals surface area contributed by atoms with Crippen LogP contribution in [0.1, 0.15) is 32.6 Å². The lowest BCUT2D eigenvalue weighted by Crippen LogP contribution is -2.36. The molecule has 0 radical (unpaired) electrons. The third-order valence-corrected chi connectivity index (χ3v) is 3.98. The van der Waals surface area contributed by atoms with Gasteiger partial charge in [-0.1, -0.05) is 11.8 Å². The Balaban J connectivity index is 1.82. The van der Waals surface area contributed by atoms with Crippen LogP contribution in [0.25, 0.3) is 0 Å². The van der Waals surface area contributed by atoms with Crippen LogP contribution in [0, 0.1) is 0 Å². The maximum Gasteiger partial charge on any atom is 0.186 e. The second-order valence-corrected chi connectivity index (χ2v) is 5.39. The fourth-order valence-electron chi connectivity index (χ4n) is 2.17. The SMILES string of the molecule is CC(=O)SC1CCC2(CC1)OCCO2. The first-order valence-corrected chi connectivity index (χ1v) is 6.03. The summed E-state index contributed by atoms with van der Waals surface area (Å²) in [6.45, 7) is 3.09. The number of rotatable bonds is 1. The molecule has 1 saturated heterocycles. The standard InChI is InChI=1S/C10H16O3S/c1-8(11)14-9-2-4-10(5-3-9)12-6-7-13-10/h9H,2-7H2,1H3. The van der Waals surface area contributed by atoms with Crippen molar-refractivity contribution < 1.29 is 14.3 Å². The van der Waals surface area contributed by atoms with E-state index in [1.54, 1.807) is 6.92 Å². The molecule has 3 nitrogen and oxygen atoms in total. The summed E-state index contributed by atoms with van der Waals surface area (Å²) in [5.41, 5.74) is 0. The highest BCUT2D eigenvalue weighted by Gasteiger charge is 2.40. The van der Waals surface area contributed by atoms with Gasteiger partial charge in [0.25, 0.3) is 0 Å². The second-order valence-electron chi connectivity index (χ2n) is 3.92. The Kier molecular flexibility index (Phi) is 3.14. The van der Waals surface area contributed by atoms with E-state index in [2.05, 4.69) is 0 Å². The number of carbonyl (C=O) groups is 1. The molecule has 0 atom stereocenters. The molecule has 4 heteroatoms. The van der Waals surface area contributed by atoms with Crippen molar-refractivity contribution in [2.24, 2.45) is 0 Å². The zero-order valence-electron chi connectivity index (χ0n) is 8.45. The molecule has 2 rings (SSSR count). The average molecular weight is 216 g/mol. The van der Waals surface area contributed by atoms with E-state index >= 15 is 0 Å². The molecule has 1 aliphatic heterocycles. The summed E-state index contributed by atoms with van der Waals surface area (Å²) in [7, 11) is 0. The summed E-state index contributed by atoms with van der Waals surface area (Å²) < 4.78 is 11.2. The van der Waals surface area contributed by atoms with Crippen molar-refractivity contribution in [3.05, 3.63) is 0 Å². The molecule has 0 bridgehead atoms. The lowest BCUT2D eigenvalue weighted by molar-refractivity contribution is -0.175. The molecule has 1 spiro atoms. The Morgan fingerprint density at radius 2 is 1.86 bits per heavy atom. The van der Waals surface area contributed by atoms with Crippen LogP contribution in [0.15, 0.2) is 0 Å². The maximum absolute atomic E-state index is 10.9. The zero-order chi connectivity index (χ0) is 10.0. The molecular formula is C10H16O3S. The van der Waals surface area contributed by atoms with Crippen LogP contribution >= 0.6 is 11.8 Å². The first kappa shape index (κ1) is 10.5. The maximum atomic E-state index is 10.9. The van der Waals surface area contributed by atoms with Crippen molar-refractivity contribution >= 4 is 16.9 Å². The van der Waals surface area contributed by atoms with Crippen LogP contribution in [-0.4, -0.2) is 29.4 Å².